The van der Waals surface area contributed by atoms with E-state index in [-0.39, 0.29) is 11.7 Å². The monoisotopic (exact) mass is 233 g/mol. The summed E-state index contributed by atoms with van der Waals surface area (Å²) >= 11 is 0. The van der Waals surface area contributed by atoms with E-state index >= 15 is 0 Å². The van der Waals surface area contributed by atoms with Crippen LogP contribution in [0.25, 0.3) is 0 Å². The topological polar surface area (TPSA) is 102 Å². The quantitative estimate of drug-likeness (QED) is 0.817. The van der Waals surface area contributed by atoms with E-state index in [2.05, 4.69) is 10.1 Å². The second kappa shape index (κ2) is 4.75. The van der Waals surface area contributed by atoms with Gasteiger partial charge in [0.15, 0.2) is 0 Å². The number of nitrogens with two attached hydrogens (primary N) is 1. The van der Waals surface area contributed by atoms with Gasteiger partial charge in [0.2, 0.25) is 5.89 Å². The molecule has 1 atom stereocenters. The molecule has 6 nitrogen and oxygen atoms in total. The van der Waals surface area contributed by atoms with Crippen molar-refractivity contribution in [3.05, 3.63) is 47.6 Å². The highest BCUT2D eigenvalue weighted by Gasteiger charge is 2.18. The molecule has 0 unspecified atom stereocenters. The molecule has 6 heteroatoms. The van der Waals surface area contributed by atoms with Crippen LogP contribution < -0.4 is 5.73 Å². The van der Waals surface area contributed by atoms with Crippen LogP contribution in [0.2, 0.25) is 0 Å². The maximum Gasteiger partial charge on any atom is 0.377 e. The summed E-state index contributed by atoms with van der Waals surface area (Å²) in [6.45, 7) is 0. The smallest absolute Gasteiger partial charge is 0.377 e. The third-order valence-electron chi connectivity index (χ3n) is 2.25. The van der Waals surface area contributed by atoms with Gasteiger partial charge in [0, 0.05) is 0 Å². The number of hydrogen-bond acceptors (Lipinski definition) is 5. The molecule has 0 aliphatic heterocycles. The summed E-state index contributed by atoms with van der Waals surface area (Å²) in [4.78, 5) is 14.3. The van der Waals surface area contributed by atoms with Gasteiger partial charge in [-0.3, -0.25) is 0 Å². The van der Waals surface area contributed by atoms with Crippen LogP contribution in [-0.2, 0) is 6.42 Å². The average Bonchev–Trinajstić information content (AvgIpc) is 2.79. The molecule has 0 fully saturated rings. The minimum atomic E-state index is -1.23. The zero-order valence-electron chi connectivity index (χ0n) is 8.91. The molecule has 17 heavy (non-hydrogen) atoms. The van der Waals surface area contributed by atoms with Gasteiger partial charge in [-0.1, -0.05) is 30.3 Å². The fourth-order valence-electron chi connectivity index (χ4n) is 1.43. The summed E-state index contributed by atoms with van der Waals surface area (Å²) in [5, 5.41) is 12.0. The molecule has 0 spiro atoms. The van der Waals surface area contributed by atoms with E-state index in [0.717, 1.165) is 5.56 Å². The number of benzene rings is 1. The minimum absolute atomic E-state index is 0.131. The van der Waals surface area contributed by atoms with Gasteiger partial charge < -0.3 is 15.4 Å². The Morgan fingerprint density at radius 1 is 1.41 bits per heavy atom. The Labute approximate surface area is 97.1 Å². The summed E-state index contributed by atoms with van der Waals surface area (Å²) in [7, 11) is 0. The summed E-state index contributed by atoms with van der Waals surface area (Å²) < 4.78 is 4.79. The van der Waals surface area contributed by atoms with Crippen LogP contribution in [0.4, 0.5) is 0 Å². The number of hydrogen-bond donors (Lipinski definition) is 2. The lowest BCUT2D eigenvalue weighted by Crippen LogP contribution is -2.14. The van der Waals surface area contributed by atoms with Crippen molar-refractivity contribution in [2.45, 2.75) is 12.5 Å². The van der Waals surface area contributed by atoms with Crippen LogP contribution in [0.3, 0.4) is 0 Å². The van der Waals surface area contributed by atoms with Crippen molar-refractivity contribution in [3.8, 4) is 0 Å². The van der Waals surface area contributed by atoms with Crippen LogP contribution in [0.1, 0.15) is 28.1 Å². The van der Waals surface area contributed by atoms with Crippen molar-refractivity contribution in [2.24, 2.45) is 5.73 Å². The lowest BCUT2D eigenvalue weighted by Gasteiger charge is -2.05. The van der Waals surface area contributed by atoms with Crippen molar-refractivity contribution < 1.29 is 14.4 Å². The first-order valence-corrected chi connectivity index (χ1v) is 5.03. The Kier molecular flexibility index (Phi) is 3.15. The van der Waals surface area contributed by atoms with Crippen molar-refractivity contribution >= 4 is 5.97 Å². The standard InChI is InChI=1S/C11H11N3O3/c12-8(6-7-4-2-1-3-5-7)10-13-9(11(15)16)14-17-10/h1-5,8H,6,12H2,(H,15,16)/t8-/m0/s1. The van der Waals surface area contributed by atoms with E-state index in [4.69, 9.17) is 15.4 Å². The van der Waals surface area contributed by atoms with Crippen LogP contribution in [0.15, 0.2) is 34.9 Å². The van der Waals surface area contributed by atoms with E-state index in [1.807, 2.05) is 30.3 Å². The summed E-state index contributed by atoms with van der Waals surface area (Å²) in [6.07, 6.45) is 0.516. The van der Waals surface area contributed by atoms with Gasteiger partial charge in [0.1, 0.15) is 0 Å². The van der Waals surface area contributed by atoms with Crippen molar-refractivity contribution in [2.75, 3.05) is 0 Å². The molecule has 0 aliphatic carbocycles. The molecule has 2 rings (SSSR count). The van der Waals surface area contributed by atoms with Gasteiger partial charge in [-0.25, -0.2) is 4.79 Å². The lowest BCUT2D eigenvalue weighted by molar-refractivity contribution is 0.0680. The lowest BCUT2D eigenvalue weighted by atomic mass is 10.1. The second-order valence-corrected chi connectivity index (χ2v) is 3.56. The zero-order chi connectivity index (χ0) is 12.3. The van der Waals surface area contributed by atoms with Crippen molar-refractivity contribution in [1.29, 1.82) is 0 Å². The fraction of sp³-hybridized carbons (Fsp3) is 0.182. The molecular weight excluding hydrogens is 222 g/mol. The molecule has 0 radical (unpaired) electrons. The third-order valence-corrected chi connectivity index (χ3v) is 2.25. The largest absolute Gasteiger partial charge is 0.475 e. The number of nitrogens with zero attached hydrogens (tertiary/aromatic N) is 2. The molecule has 0 aliphatic rings. The van der Waals surface area contributed by atoms with Gasteiger partial charge in [-0.15, -0.1) is 0 Å². The highest BCUT2D eigenvalue weighted by atomic mass is 16.5. The number of aromatic carboxylic acids is 1. The van der Waals surface area contributed by atoms with Crippen LogP contribution in [0.5, 0.6) is 0 Å². The van der Waals surface area contributed by atoms with E-state index in [9.17, 15) is 4.79 Å². The van der Waals surface area contributed by atoms with E-state index < -0.39 is 12.0 Å². The first kappa shape index (κ1) is 11.3. The molecule has 1 aromatic heterocycles. The van der Waals surface area contributed by atoms with Gasteiger partial charge in [-0.2, -0.15) is 4.98 Å². The number of carbonyl (C=O) groups is 1. The first-order chi connectivity index (χ1) is 8.16. The number of rotatable bonds is 4. The van der Waals surface area contributed by atoms with Crippen LogP contribution >= 0.6 is 0 Å². The molecular formula is C11H11N3O3. The Balaban J connectivity index is 2.09. The molecule has 0 amide bonds. The molecule has 1 heterocycles. The molecule has 1 aromatic carbocycles. The predicted octanol–water partition coefficient (Wildman–Crippen LogP) is 1.01. The molecule has 0 saturated heterocycles. The first-order valence-electron chi connectivity index (χ1n) is 5.03. The Hall–Kier alpha value is -2.21. The van der Waals surface area contributed by atoms with E-state index in [1.165, 1.54) is 0 Å². The Bertz CT molecular complexity index is 510. The zero-order valence-corrected chi connectivity index (χ0v) is 8.91. The Morgan fingerprint density at radius 2 is 2.12 bits per heavy atom. The highest BCUT2D eigenvalue weighted by Crippen LogP contribution is 2.14. The highest BCUT2D eigenvalue weighted by molar-refractivity contribution is 5.82. The molecule has 0 saturated carbocycles. The van der Waals surface area contributed by atoms with E-state index in [1.54, 1.807) is 0 Å². The van der Waals surface area contributed by atoms with Gasteiger partial charge in [0.05, 0.1) is 6.04 Å². The van der Waals surface area contributed by atoms with E-state index in [0.29, 0.717) is 6.42 Å². The molecule has 88 valence electrons. The summed E-state index contributed by atoms with van der Waals surface area (Å²) in [5.74, 6) is -1.47. The molecule has 0 bridgehead atoms. The fourth-order valence-corrected chi connectivity index (χ4v) is 1.43. The van der Waals surface area contributed by atoms with Gasteiger partial charge in [-0.05, 0) is 17.1 Å². The summed E-state index contributed by atoms with van der Waals surface area (Å²) in [5.41, 5.74) is 6.87. The van der Waals surface area contributed by atoms with Crippen molar-refractivity contribution in [1.82, 2.24) is 10.1 Å². The van der Waals surface area contributed by atoms with Crippen LogP contribution in [0, 0.1) is 0 Å². The number of aromatic nitrogens is 2. The normalized spacial score (nSPS) is 12.3. The maximum absolute atomic E-state index is 10.6. The summed E-state index contributed by atoms with van der Waals surface area (Å²) in [6, 6.07) is 9.06. The van der Waals surface area contributed by atoms with Crippen LogP contribution in [-0.4, -0.2) is 21.2 Å². The average molecular weight is 233 g/mol. The Morgan fingerprint density at radius 3 is 2.71 bits per heavy atom. The predicted molar refractivity (Wildman–Crippen MR) is 58.3 cm³/mol. The van der Waals surface area contributed by atoms with Gasteiger partial charge >= 0.3 is 5.97 Å². The van der Waals surface area contributed by atoms with Crippen molar-refractivity contribution in [3.63, 3.8) is 0 Å². The molecule has 2 aromatic rings. The SMILES string of the molecule is N[C@@H](Cc1ccccc1)c1nc(C(=O)O)no1. The van der Waals surface area contributed by atoms with Gasteiger partial charge in [0.25, 0.3) is 5.82 Å². The third kappa shape index (κ3) is 2.67. The molecule has 3 N–H and O–H groups in total. The maximum atomic E-state index is 10.6. The minimum Gasteiger partial charge on any atom is -0.475 e. The number of carboxylic acids is 1. The second-order valence-electron chi connectivity index (χ2n) is 3.56. The number of carboxylic acid groups (broad SMARTS) is 1.